The number of anilines is 1. The van der Waals surface area contributed by atoms with Crippen LogP contribution in [0.3, 0.4) is 0 Å². The molecule has 0 fully saturated rings. The molecule has 3 N–H and O–H groups in total. The second-order valence-corrected chi connectivity index (χ2v) is 6.29. The van der Waals surface area contributed by atoms with Gasteiger partial charge in [-0.2, -0.15) is 0 Å². The van der Waals surface area contributed by atoms with Gasteiger partial charge in [0, 0.05) is 14.9 Å². The third kappa shape index (κ3) is 1.92. The molecule has 0 amide bonds. The fraction of sp³-hybridized carbons (Fsp3) is 0.0769. The van der Waals surface area contributed by atoms with Crippen LogP contribution in [0, 0.1) is 5.82 Å². The van der Waals surface area contributed by atoms with Crippen molar-refractivity contribution in [3.8, 4) is 0 Å². The monoisotopic (exact) mass is 324 g/mol. The Morgan fingerprint density at radius 3 is 2.72 bits per heavy atom. The van der Waals surface area contributed by atoms with Gasteiger partial charge in [0.15, 0.2) is 4.99 Å². The van der Waals surface area contributed by atoms with E-state index >= 15 is 0 Å². The topological polar surface area (TPSA) is 38.0 Å². The highest BCUT2D eigenvalue weighted by molar-refractivity contribution is 9.10. The summed E-state index contributed by atoms with van der Waals surface area (Å²) >= 11 is 4.67. The Morgan fingerprint density at radius 2 is 2.00 bits per heavy atom. The molecular formula is C13H10BrFN2S. The number of thioether (sulfide) groups is 1. The first-order chi connectivity index (χ1) is 8.58. The van der Waals surface area contributed by atoms with E-state index in [9.17, 15) is 4.39 Å². The van der Waals surface area contributed by atoms with E-state index in [2.05, 4.69) is 21.2 Å². The Balaban J connectivity index is 2.04. The minimum absolute atomic E-state index is 0.320. The predicted molar refractivity (Wildman–Crippen MR) is 75.9 cm³/mol. The molecule has 0 aliphatic carbocycles. The number of nitrogens with one attached hydrogen (secondary N) is 1. The molecule has 92 valence electrons. The summed E-state index contributed by atoms with van der Waals surface area (Å²) in [6, 6.07) is 12.7. The summed E-state index contributed by atoms with van der Waals surface area (Å²) in [6.45, 7) is 0. The second kappa shape index (κ2) is 4.26. The standard InChI is InChI=1S/C13H10BrFN2S/c14-8-5-6-9(10(15)7-8)13(16)17-11-3-1-2-4-12(11)18-13/h1-7,17H,16H2. The average Bonchev–Trinajstić information content (AvgIpc) is 2.65. The fourth-order valence-electron chi connectivity index (χ4n) is 1.97. The molecule has 3 rings (SSSR count). The number of halogens is 2. The highest BCUT2D eigenvalue weighted by Crippen LogP contribution is 2.48. The maximum atomic E-state index is 14.0. The summed E-state index contributed by atoms with van der Waals surface area (Å²) in [7, 11) is 0. The van der Waals surface area contributed by atoms with Gasteiger partial charge < -0.3 is 5.32 Å². The number of hydrogen-bond acceptors (Lipinski definition) is 3. The van der Waals surface area contributed by atoms with Crippen LogP contribution < -0.4 is 11.1 Å². The summed E-state index contributed by atoms with van der Waals surface area (Å²) in [5.74, 6) is -0.320. The highest BCUT2D eigenvalue weighted by atomic mass is 79.9. The molecule has 0 spiro atoms. The summed E-state index contributed by atoms with van der Waals surface area (Å²) < 4.78 is 14.7. The van der Waals surface area contributed by atoms with E-state index in [4.69, 9.17) is 5.73 Å². The zero-order valence-corrected chi connectivity index (χ0v) is 11.7. The van der Waals surface area contributed by atoms with Crippen molar-refractivity contribution in [1.82, 2.24) is 0 Å². The zero-order chi connectivity index (χ0) is 12.8. The van der Waals surface area contributed by atoms with Gasteiger partial charge in [0.05, 0.1) is 5.69 Å². The van der Waals surface area contributed by atoms with Gasteiger partial charge in [-0.1, -0.05) is 45.9 Å². The molecule has 5 heteroatoms. The Bertz CT molecular complexity index is 593. The van der Waals surface area contributed by atoms with Crippen LogP contribution in [-0.4, -0.2) is 0 Å². The molecule has 0 saturated carbocycles. The lowest BCUT2D eigenvalue weighted by Gasteiger charge is -2.25. The van der Waals surface area contributed by atoms with Crippen LogP contribution in [0.2, 0.25) is 0 Å². The number of rotatable bonds is 1. The van der Waals surface area contributed by atoms with E-state index in [1.165, 1.54) is 17.8 Å². The number of benzene rings is 2. The van der Waals surface area contributed by atoms with Gasteiger partial charge in [-0.3, -0.25) is 5.73 Å². The van der Waals surface area contributed by atoms with Crippen LogP contribution in [0.25, 0.3) is 0 Å². The van der Waals surface area contributed by atoms with Crippen molar-refractivity contribution in [3.63, 3.8) is 0 Å². The SMILES string of the molecule is NC1(c2ccc(Br)cc2F)Nc2ccccc2S1. The number of para-hydroxylation sites is 1. The largest absolute Gasteiger partial charge is 0.354 e. The Labute approximate surface area is 117 Å². The molecule has 0 saturated heterocycles. The fourth-order valence-corrected chi connectivity index (χ4v) is 3.46. The van der Waals surface area contributed by atoms with Crippen molar-refractivity contribution in [1.29, 1.82) is 0 Å². The van der Waals surface area contributed by atoms with E-state index in [0.29, 0.717) is 10.0 Å². The molecule has 0 bridgehead atoms. The van der Waals surface area contributed by atoms with Crippen molar-refractivity contribution >= 4 is 33.4 Å². The molecule has 2 aromatic carbocycles. The minimum Gasteiger partial charge on any atom is -0.354 e. The van der Waals surface area contributed by atoms with Crippen LogP contribution in [0.15, 0.2) is 51.8 Å². The first kappa shape index (κ1) is 12.0. The molecule has 1 unspecified atom stereocenters. The van der Waals surface area contributed by atoms with E-state index < -0.39 is 4.99 Å². The maximum Gasteiger partial charge on any atom is 0.168 e. The molecule has 1 aliphatic rings. The van der Waals surface area contributed by atoms with Crippen LogP contribution in [0.4, 0.5) is 10.1 Å². The van der Waals surface area contributed by atoms with Gasteiger partial charge in [-0.05, 0) is 24.3 Å². The van der Waals surface area contributed by atoms with Crippen molar-refractivity contribution < 1.29 is 4.39 Å². The predicted octanol–water partition coefficient (Wildman–Crippen LogP) is 3.88. The first-order valence-corrected chi connectivity index (χ1v) is 7.00. The molecule has 0 aromatic heterocycles. The zero-order valence-electron chi connectivity index (χ0n) is 9.28. The van der Waals surface area contributed by atoms with Crippen molar-refractivity contribution in [2.75, 3.05) is 5.32 Å². The smallest absolute Gasteiger partial charge is 0.168 e. The second-order valence-electron chi connectivity index (χ2n) is 4.08. The highest BCUT2D eigenvalue weighted by Gasteiger charge is 2.37. The van der Waals surface area contributed by atoms with E-state index in [1.54, 1.807) is 12.1 Å². The molecule has 0 radical (unpaired) electrons. The summed E-state index contributed by atoms with van der Waals surface area (Å²) in [5, 5.41) is 3.17. The van der Waals surface area contributed by atoms with Gasteiger partial charge in [-0.25, -0.2) is 4.39 Å². The molecule has 1 heterocycles. The van der Waals surface area contributed by atoms with Gasteiger partial charge in [0.25, 0.3) is 0 Å². The van der Waals surface area contributed by atoms with Crippen molar-refractivity contribution in [3.05, 3.63) is 58.3 Å². The maximum absolute atomic E-state index is 14.0. The summed E-state index contributed by atoms with van der Waals surface area (Å²) in [5.41, 5.74) is 7.67. The molecule has 18 heavy (non-hydrogen) atoms. The molecule has 2 aromatic rings. The van der Waals surface area contributed by atoms with E-state index in [0.717, 1.165) is 10.6 Å². The Kier molecular flexibility index (Phi) is 2.84. The van der Waals surface area contributed by atoms with Crippen LogP contribution in [-0.2, 0) is 4.99 Å². The first-order valence-electron chi connectivity index (χ1n) is 5.39. The minimum atomic E-state index is -0.950. The Hall–Kier alpha value is -1.04. The lowest BCUT2D eigenvalue weighted by molar-refractivity contribution is 0.584. The van der Waals surface area contributed by atoms with Gasteiger partial charge in [-0.15, -0.1) is 0 Å². The van der Waals surface area contributed by atoms with E-state index in [-0.39, 0.29) is 5.82 Å². The van der Waals surface area contributed by atoms with Crippen molar-refractivity contribution in [2.24, 2.45) is 5.73 Å². The third-order valence-corrected chi connectivity index (χ3v) is 4.52. The van der Waals surface area contributed by atoms with Crippen LogP contribution >= 0.6 is 27.7 Å². The molecular weight excluding hydrogens is 315 g/mol. The van der Waals surface area contributed by atoms with Gasteiger partial charge >= 0.3 is 0 Å². The quantitative estimate of drug-likeness (QED) is 0.836. The summed E-state index contributed by atoms with van der Waals surface area (Å²) in [4.78, 5) is 0.0800. The molecule has 1 atom stereocenters. The van der Waals surface area contributed by atoms with E-state index in [1.807, 2.05) is 24.3 Å². The van der Waals surface area contributed by atoms with Gasteiger partial charge in [0.1, 0.15) is 5.82 Å². The van der Waals surface area contributed by atoms with Crippen molar-refractivity contribution in [2.45, 2.75) is 9.89 Å². The third-order valence-electron chi connectivity index (χ3n) is 2.81. The van der Waals surface area contributed by atoms with Crippen LogP contribution in [0.5, 0.6) is 0 Å². The lowest BCUT2D eigenvalue weighted by Crippen LogP contribution is -2.39. The molecule has 2 nitrogen and oxygen atoms in total. The number of fused-ring (bicyclic) bond motifs is 1. The molecule has 1 aliphatic heterocycles. The Morgan fingerprint density at radius 1 is 1.22 bits per heavy atom. The number of nitrogens with two attached hydrogens (primary N) is 1. The lowest BCUT2D eigenvalue weighted by atomic mass is 10.1. The van der Waals surface area contributed by atoms with Crippen LogP contribution in [0.1, 0.15) is 5.56 Å². The normalized spacial score (nSPS) is 21.5. The summed E-state index contributed by atoms with van der Waals surface area (Å²) in [6.07, 6.45) is 0. The number of hydrogen-bond donors (Lipinski definition) is 2. The van der Waals surface area contributed by atoms with Gasteiger partial charge in [0.2, 0.25) is 0 Å². The average molecular weight is 325 g/mol.